The molecule has 0 spiro atoms. The van der Waals surface area contributed by atoms with E-state index in [1.807, 2.05) is 0 Å². The van der Waals surface area contributed by atoms with Crippen molar-refractivity contribution in [2.75, 3.05) is 13.7 Å². The first-order valence-corrected chi connectivity index (χ1v) is 5.64. The first-order chi connectivity index (χ1) is 7.11. The number of carbonyl (C=O) groups excluding carboxylic acids is 1. The van der Waals surface area contributed by atoms with Crippen LogP contribution in [0.2, 0.25) is 0 Å². The highest BCUT2D eigenvalue weighted by Gasteiger charge is 2.31. The van der Waals surface area contributed by atoms with E-state index < -0.39 is 0 Å². The number of nitrogens with zero attached hydrogens (tertiary/aromatic N) is 1. The zero-order chi connectivity index (χ0) is 13.0. The summed E-state index contributed by atoms with van der Waals surface area (Å²) in [5.41, 5.74) is 0.103. The van der Waals surface area contributed by atoms with Gasteiger partial charge in [-0.2, -0.15) is 0 Å². The van der Waals surface area contributed by atoms with Gasteiger partial charge in [0.05, 0.1) is 6.61 Å². The van der Waals surface area contributed by atoms with Gasteiger partial charge in [-0.25, -0.2) is 4.79 Å². The maximum absolute atomic E-state index is 10.9. The summed E-state index contributed by atoms with van der Waals surface area (Å²) in [5.74, 6) is -0.353. The van der Waals surface area contributed by atoms with E-state index in [1.165, 1.54) is 6.08 Å². The highest BCUT2D eigenvalue weighted by Crippen LogP contribution is 2.25. The molecule has 0 rings (SSSR count). The fraction of sp³-hybridized carbons (Fsp3) is 0.769. The summed E-state index contributed by atoms with van der Waals surface area (Å²) in [7, 11) is 2.09. The molecule has 0 fully saturated rings. The van der Waals surface area contributed by atoms with Crippen LogP contribution in [0.3, 0.4) is 0 Å². The molecule has 0 aromatic rings. The average Bonchev–Trinajstić information content (AvgIpc) is 2.14. The second-order valence-electron chi connectivity index (χ2n) is 5.66. The minimum Gasteiger partial charge on any atom is -0.462 e. The van der Waals surface area contributed by atoms with E-state index in [2.05, 4.69) is 53.1 Å². The van der Waals surface area contributed by atoms with Crippen LogP contribution in [0.1, 0.15) is 41.0 Å². The Morgan fingerprint density at radius 2 is 1.81 bits per heavy atom. The van der Waals surface area contributed by atoms with Gasteiger partial charge in [0, 0.05) is 17.2 Å². The van der Waals surface area contributed by atoms with Crippen molar-refractivity contribution in [1.82, 2.24) is 4.90 Å². The Balaban J connectivity index is 4.24. The molecule has 0 radical (unpaired) electrons. The second kappa shape index (κ2) is 5.48. The van der Waals surface area contributed by atoms with Crippen molar-refractivity contribution in [1.29, 1.82) is 0 Å². The van der Waals surface area contributed by atoms with Crippen LogP contribution in [0, 0.1) is 0 Å². The molecule has 16 heavy (non-hydrogen) atoms. The lowest BCUT2D eigenvalue weighted by Crippen LogP contribution is -2.52. The number of hydrogen-bond acceptors (Lipinski definition) is 3. The van der Waals surface area contributed by atoms with E-state index in [1.54, 1.807) is 0 Å². The van der Waals surface area contributed by atoms with Gasteiger partial charge in [-0.05, 0) is 48.1 Å². The fourth-order valence-electron chi connectivity index (χ4n) is 1.54. The van der Waals surface area contributed by atoms with Gasteiger partial charge in [0.2, 0.25) is 0 Å². The standard InChI is InChI=1S/C13H25NO2/c1-8-11(15)16-10-9-13(5,6)14(7)12(2,3)4/h8H,1,9-10H2,2-7H3. The second-order valence-corrected chi connectivity index (χ2v) is 5.66. The third-order valence-electron chi connectivity index (χ3n) is 3.04. The van der Waals surface area contributed by atoms with Crippen molar-refractivity contribution < 1.29 is 9.53 Å². The van der Waals surface area contributed by atoms with Crippen LogP contribution in [-0.4, -0.2) is 35.6 Å². The first kappa shape index (κ1) is 15.2. The van der Waals surface area contributed by atoms with Crippen LogP contribution in [0.4, 0.5) is 0 Å². The number of esters is 1. The van der Waals surface area contributed by atoms with Crippen LogP contribution in [0.5, 0.6) is 0 Å². The SMILES string of the molecule is C=CC(=O)OCCC(C)(C)N(C)C(C)(C)C. The van der Waals surface area contributed by atoms with Crippen molar-refractivity contribution >= 4 is 5.97 Å². The summed E-state index contributed by atoms with van der Waals surface area (Å²) in [4.78, 5) is 13.2. The van der Waals surface area contributed by atoms with Gasteiger partial charge in [0.1, 0.15) is 0 Å². The van der Waals surface area contributed by atoms with Crippen LogP contribution >= 0.6 is 0 Å². The monoisotopic (exact) mass is 227 g/mol. The number of carbonyl (C=O) groups is 1. The molecule has 0 aliphatic carbocycles. The summed E-state index contributed by atoms with van der Waals surface area (Å²) in [6.07, 6.45) is 2.00. The van der Waals surface area contributed by atoms with Crippen molar-refractivity contribution in [3.8, 4) is 0 Å². The fourth-order valence-corrected chi connectivity index (χ4v) is 1.54. The zero-order valence-corrected chi connectivity index (χ0v) is 11.5. The maximum atomic E-state index is 10.9. The Bertz CT molecular complexity index is 251. The highest BCUT2D eigenvalue weighted by molar-refractivity contribution is 5.81. The molecule has 0 saturated heterocycles. The predicted octanol–water partition coefficient (Wildman–Crippen LogP) is 2.61. The largest absolute Gasteiger partial charge is 0.462 e. The molecule has 0 aromatic carbocycles. The molecule has 0 aliphatic heterocycles. The van der Waals surface area contributed by atoms with Gasteiger partial charge in [-0.3, -0.25) is 4.90 Å². The van der Waals surface area contributed by atoms with Crippen LogP contribution in [0.15, 0.2) is 12.7 Å². The molecule has 94 valence electrons. The lowest BCUT2D eigenvalue weighted by atomic mass is 9.93. The molecule has 0 heterocycles. The highest BCUT2D eigenvalue weighted by atomic mass is 16.5. The number of ether oxygens (including phenoxy) is 1. The van der Waals surface area contributed by atoms with E-state index >= 15 is 0 Å². The van der Waals surface area contributed by atoms with Crippen molar-refractivity contribution in [3.63, 3.8) is 0 Å². The molecule has 0 aromatic heterocycles. The van der Waals surface area contributed by atoms with Crippen molar-refractivity contribution in [3.05, 3.63) is 12.7 Å². The van der Waals surface area contributed by atoms with E-state index in [0.29, 0.717) is 6.61 Å². The van der Waals surface area contributed by atoms with E-state index in [4.69, 9.17) is 4.74 Å². The average molecular weight is 227 g/mol. The lowest BCUT2D eigenvalue weighted by molar-refractivity contribution is -0.138. The van der Waals surface area contributed by atoms with Crippen LogP contribution < -0.4 is 0 Å². The molecule has 0 amide bonds. The van der Waals surface area contributed by atoms with Gasteiger partial charge < -0.3 is 4.74 Å². The third kappa shape index (κ3) is 4.79. The Morgan fingerprint density at radius 3 is 2.19 bits per heavy atom. The summed E-state index contributed by atoms with van der Waals surface area (Å²) >= 11 is 0. The molecule has 0 saturated carbocycles. The Kier molecular flexibility index (Phi) is 5.20. The predicted molar refractivity (Wildman–Crippen MR) is 67.4 cm³/mol. The van der Waals surface area contributed by atoms with Crippen LogP contribution in [-0.2, 0) is 9.53 Å². The topological polar surface area (TPSA) is 29.5 Å². The Hall–Kier alpha value is -0.830. The Morgan fingerprint density at radius 1 is 1.31 bits per heavy atom. The maximum Gasteiger partial charge on any atom is 0.330 e. The van der Waals surface area contributed by atoms with Gasteiger partial charge >= 0.3 is 5.97 Å². The van der Waals surface area contributed by atoms with Gasteiger partial charge in [0.25, 0.3) is 0 Å². The molecule has 0 aliphatic rings. The van der Waals surface area contributed by atoms with Crippen molar-refractivity contribution in [2.45, 2.75) is 52.1 Å². The number of rotatable bonds is 5. The summed E-state index contributed by atoms with van der Waals surface area (Å²) < 4.78 is 5.01. The lowest BCUT2D eigenvalue weighted by Gasteiger charge is -2.44. The summed E-state index contributed by atoms with van der Waals surface area (Å²) in [5, 5.41) is 0. The van der Waals surface area contributed by atoms with Gasteiger partial charge in [0.15, 0.2) is 0 Å². The van der Waals surface area contributed by atoms with Gasteiger partial charge in [-0.15, -0.1) is 0 Å². The number of hydrogen-bond donors (Lipinski definition) is 0. The normalized spacial score (nSPS) is 12.7. The first-order valence-electron chi connectivity index (χ1n) is 5.64. The summed E-state index contributed by atoms with van der Waals surface area (Å²) in [6.45, 7) is 14.6. The third-order valence-corrected chi connectivity index (χ3v) is 3.04. The minimum absolute atomic E-state index is 0.000298. The van der Waals surface area contributed by atoms with E-state index in [9.17, 15) is 4.79 Å². The summed E-state index contributed by atoms with van der Waals surface area (Å²) in [6, 6.07) is 0. The quantitative estimate of drug-likeness (QED) is 0.534. The molecule has 3 heteroatoms. The van der Waals surface area contributed by atoms with Crippen molar-refractivity contribution in [2.24, 2.45) is 0 Å². The molecule has 0 N–H and O–H groups in total. The zero-order valence-electron chi connectivity index (χ0n) is 11.5. The molecule has 0 bridgehead atoms. The molecular formula is C13H25NO2. The smallest absolute Gasteiger partial charge is 0.330 e. The van der Waals surface area contributed by atoms with E-state index in [-0.39, 0.29) is 17.0 Å². The van der Waals surface area contributed by atoms with Gasteiger partial charge in [-0.1, -0.05) is 6.58 Å². The molecular weight excluding hydrogens is 202 g/mol. The minimum atomic E-state index is -0.353. The molecule has 0 atom stereocenters. The van der Waals surface area contributed by atoms with E-state index in [0.717, 1.165) is 6.42 Å². The molecule has 0 unspecified atom stereocenters. The Labute approximate surface area is 99.5 Å². The molecule has 3 nitrogen and oxygen atoms in total. The van der Waals surface area contributed by atoms with Crippen LogP contribution in [0.25, 0.3) is 0 Å².